The van der Waals surface area contributed by atoms with Crippen molar-refractivity contribution in [2.75, 3.05) is 20.3 Å². The van der Waals surface area contributed by atoms with Gasteiger partial charge in [0.2, 0.25) is 0 Å². The average molecular weight is 279 g/mol. The second-order valence-electron chi connectivity index (χ2n) is 4.69. The third kappa shape index (κ3) is 6.06. The van der Waals surface area contributed by atoms with Crippen LogP contribution < -0.4 is 10.1 Å². The summed E-state index contributed by atoms with van der Waals surface area (Å²) in [4.78, 5) is 11.5. The minimum Gasteiger partial charge on any atom is -0.494 e. The van der Waals surface area contributed by atoms with Gasteiger partial charge in [-0.2, -0.15) is 0 Å². The number of carbonyl (C=O) groups excluding carboxylic acids is 1. The normalized spacial score (nSPS) is 11.9. The van der Waals surface area contributed by atoms with Crippen molar-refractivity contribution in [2.24, 2.45) is 0 Å². The van der Waals surface area contributed by atoms with Crippen molar-refractivity contribution < 1.29 is 14.3 Å². The molecule has 20 heavy (non-hydrogen) atoms. The molecule has 0 aliphatic heterocycles. The Morgan fingerprint density at radius 2 is 1.95 bits per heavy atom. The predicted octanol–water partition coefficient (Wildman–Crippen LogP) is 2.56. The molecule has 1 aromatic rings. The maximum atomic E-state index is 11.5. The van der Waals surface area contributed by atoms with Crippen molar-refractivity contribution in [3.63, 3.8) is 0 Å². The van der Waals surface area contributed by atoms with Crippen LogP contribution in [0, 0.1) is 0 Å². The minimum absolute atomic E-state index is 0.0939. The number of hydrogen-bond donors (Lipinski definition) is 1. The molecule has 1 rings (SSSR count). The summed E-state index contributed by atoms with van der Waals surface area (Å²) in [5.41, 5.74) is 1.18. The number of rotatable bonds is 9. The van der Waals surface area contributed by atoms with Crippen LogP contribution in [-0.2, 0) is 16.0 Å². The van der Waals surface area contributed by atoms with E-state index in [1.807, 2.05) is 38.2 Å². The van der Waals surface area contributed by atoms with Crippen LogP contribution in [0.25, 0.3) is 0 Å². The molecule has 4 heteroatoms. The van der Waals surface area contributed by atoms with Crippen molar-refractivity contribution >= 4 is 5.97 Å². The number of ether oxygens (including phenoxy) is 2. The molecule has 1 unspecified atom stereocenters. The topological polar surface area (TPSA) is 47.6 Å². The van der Waals surface area contributed by atoms with Crippen LogP contribution >= 0.6 is 0 Å². The van der Waals surface area contributed by atoms with Gasteiger partial charge in [-0.05, 0) is 44.5 Å². The Balaban J connectivity index is 2.50. The lowest BCUT2D eigenvalue weighted by molar-refractivity contribution is -0.143. The molecular weight excluding hydrogens is 254 g/mol. The summed E-state index contributed by atoms with van der Waals surface area (Å²) in [6.07, 6.45) is 2.19. The lowest BCUT2D eigenvalue weighted by Crippen LogP contribution is -2.31. The van der Waals surface area contributed by atoms with Crippen LogP contribution in [0.4, 0.5) is 0 Å². The molecule has 0 amide bonds. The Morgan fingerprint density at radius 3 is 2.50 bits per heavy atom. The second-order valence-corrected chi connectivity index (χ2v) is 4.69. The summed E-state index contributed by atoms with van der Waals surface area (Å²) in [7, 11) is 1.86. The highest BCUT2D eigenvalue weighted by molar-refractivity contribution is 5.70. The first-order chi connectivity index (χ1) is 9.69. The highest BCUT2D eigenvalue weighted by Gasteiger charge is 2.13. The maximum absolute atomic E-state index is 11.5. The quantitative estimate of drug-likeness (QED) is 0.706. The molecule has 0 fully saturated rings. The van der Waals surface area contributed by atoms with Gasteiger partial charge >= 0.3 is 5.97 Å². The maximum Gasteiger partial charge on any atom is 0.307 e. The van der Waals surface area contributed by atoms with Gasteiger partial charge in [0, 0.05) is 6.04 Å². The van der Waals surface area contributed by atoms with E-state index in [1.165, 1.54) is 5.56 Å². The van der Waals surface area contributed by atoms with Gasteiger partial charge in [0.15, 0.2) is 0 Å². The Bertz CT molecular complexity index is 389. The molecule has 0 aromatic heterocycles. The fourth-order valence-corrected chi connectivity index (χ4v) is 1.92. The zero-order chi connectivity index (χ0) is 14.8. The third-order valence-electron chi connectivity index (χ3n) is 3.00. The Hall–Kier alpha value is -1.55. The minimum atomic E-state index is -0.158. The van der Waals surface area contributed by atoms with Gasteiger partial charge in [0.25, 0.3) is 0 Å². The van der Waals surface area contributed by atoms with Crippen LogP contribution in [0.15, 0.2) is 24.3 Å². The molecule has 0 aliphatic rings. The fraction of sp³-hybridized carbons (Fsp3) is 0.562. The van der Waals surface area contributed by atoms with Crippen molar-refractivity contribution in [3.8, 4) is 5.75 Å². The molecule has 0 heterocycles. The first-order valence-electron chi connectivity index (χ1n) is 7.24. The number of nitrogens with one attached hydrogen (secondary N) is 1. The first-order valence-corrected chi connectivity index (χ1v) is 7.24. The van der Waals surface area contributed by atoms with Gasteiger partial charge in [-0.15, -0.1) is 0 Å². The van der Waals surface area contributed by atoms with E-state index in [0.29, 0.717) is 13.0 Å². The van der Waals surface area contributed by atoms with E-state index in [0.717, 1.165) is 25.2 Å². The molecule has 112 valence electrons. The van der Waals surface area contributed by atoms with Gasteiger partial charge in [0.05, 0.1) is 19.6 Å². The van der Waals surface area contributed by atoms with Crippen molar-refractivity contribution in [1.82, 2.24) is 5.32 Å². The number of likely N-dealkylation sites (N-methyl/N-ethyl adjacent to an activating group) is 1. The molecule has 1 atom stereocenters. The lowest BCUT2D eigenvalue weighted by atomic mass is 10.0. The summed E-state index contributed by atoms with van der Waals surface area (Å²) in [6, 6.07) is 8.13. The van der Waals surface area contributed by atoms with Crippen LogP contribution in [0.5, 0.6) is 5.75 Å². The molecular formula is C16H25NO3. The van der Waals surface area contributed by atoms with E-state index >= 15 is 0 Å². The summed E-state index contributed by atoms with van der Waals surface area (Å²) in [5.74, 6) is 0.733. The number of hydrogen-bond acceptors (Lipinski definition) is 4. The lowest BCUT2D eigenvalue weighted by Gasteiger charge is -2.15. The molecule has 1 aromatic carbocycles. The molecule has 0 bridgehead atoms. The van der Waals surface area contributed by atoms with Gasteiger partial charge < -0.3 is 14.8 Å². The molecule has 0 saturated carbocycles. The summed E-state index contributed by atoms with van der Waals surface area (Å²) < 4.78 is 10.5. The van der Waals surface area contributed by atoms with E-state index in [2.05, 4.69) is 12.2 Å². The Morgan fingerprint density at radius 1 is 1.25 bits per heavy atom. The largest absolute Gasteiger partial charge is 0.494 e. The van der Waals surface area contributed by atoms with Gasteiger partial charge in [-0.1, -0.05) is 19.1 Å². The van der Waals surface area contributed by atoms with Gasteiger partial charge in [-0.3, -0.25) is 4.79 Å². The number of esters is 1. The van der Waals surface area contributed by atoms with E-state index in [9.17, 15) is 4.79 Å². The summed E-state index contributed by atoms with van der Waals surface area (Å²) >= 11 is 0. The zero-order valence-corrected chi connectivity index (χ0v) is 12.6. The van der Waals surface area contributed by atoms with E-state index in [1.54, 1.807) is 0 Å². The van der Waals surface area contributed by atoms with Crippen LogP contribution in [-0.4, -0.2) is 32.3 Å². The van der Waals surface area contributed by atoms with Gasteiger partial charge in [0.1, 0.15) is 5.75 Å². The summed E-state index contributed by atoms with van der Waals surface area (Å²) in [5, 5.41) is 3.16. The molecule has 0 aliphatic carbocycles. The van der Waals surface area contributed by atoms with Crippen molar-refractivity contribution in [3.05, 3.63) is 29.8 Å². The SMILES string of the molecule is CCCOc1ccc(CC(CC(=O)OCC)NC)cc1. The van der Waals surface area contributed by atoms with Crippen molar-refractivity contribution in [1.29, 1.82) is 0 Å². The van der Waals surface area contributed by atoms with Crippen LogP contribution in [0.3, 0.4) is 0 Å². The highest BCUT2D eigenvalue weighted by Crippen LogP contribution is 2.14. The monoisotopic (exact) mass is 279 g/mol. The first kappa shape index (κ1) is 16.5. The third-order valence-corrected chi connectivity index (χ3v) is 3.00. The van der Waals surface area contributed by atoms with E-state index in [4.69, 9.17) is 9.47 Å². The van der Waals surface area contributed by atoms with E-state index in [-0.39, 0.29) is 12.0 Å². The standard InChI is InChI=1S/C16H25NO3/c1-4-10-20-15-8-6-13(7-9-15)11-14(17-3)12-16(18)19-5-2/h6-9,14,17H,4-5,10-12H2,1-3H3. The molecule has 0 saturated heterocycles. The number of carbonyl (C=O) groups is 1. The summed E-state index contributed by atoms with van der Waals surface area (Å²) in [6.45, 7) is 5.07. The van der Waals surface area contributed by atoms with Gasteiger partial charge in [-0.25, -0.2) is 0 Å². The highest BCUT2D eigenvalue weighted by atomic mass is 16.5. The van der Waals surface area contributed by atoms with Crippen molar-refractivity contribution in [2.45, 2.75) is 39.2 Å². The fourth-order valence-electron chi connectivity index (χ4n) is 1.92. The predicted molar refractivity (Wildman–Crippen MR) is 80.0 cm³/mol. The molecule has 4 nitrogen and oxygen atoms in total. The average Bonchev–Trinajstić information content (AvgIpc) is 2.46. The van der Waals surface area contributed by atoms with Crippen LogP contribution in [0.2, 0.25) is 0 Å². The van der Waals surface area contributed by atoms with Crippen LogP contribution in [0.1, 0.15) is 32.3 Å². The molecule has 0 spiro atoms. The molecule has 1 N–H and O–H groups in total. The Kier molecular flexibility index (Phi) is 7.73. The smallest absolute Gasteiger partial charge is 0.307 e. The second kappa shape index (κ2) is 9.37. The zero-order valence-electron chi connectivity index (χ0n) is 12.6. The van der Waals surface area contributed by atoms with E-state index < -0.39 is 0 Å². The number of benzene rings is 1. The molecule has 0 radical (unpaired) electrons. The Labute approximate surface area is 121 Å².